The summed E-state index contributed by atoms with van der Waals surface area (Å²) in [6.07, 6.45) is 1.73. The average Bonchev–Trinajstić information content (AvgIpc) is 2.62. The lowest BCUT2D eigenvalue weighted by molar-refractivity contribution is -0.135. The van der Waals surface area contributed by atoms with Gasteiger partial charge in [-0.05, 0) is 18.8 Å². The maximum absolute atomic E-state index is 12.1. The summed E-state index contributed by atoms with van der Waals surface area (Å²) in [5.41, 5.74) is 5.31. The molecule has 0 aromatic rings. The van der Waals surface area contributed by atoms with Crippen molar-refractivity contribution in [1.29, 1.82) is 0 Å². The van der Waals surface area contributed by atoms with Gasteiger partial charge >= 0.3 is 0 Å². The van der Waals surface area contributed by atoms with E-state index in [2.05, 4.69) is 0 Å². The number of carbonyl (C=O) groups excluding carboxylic acids is 2. The van der Waals surface area contributed by atoms with Gasteiger partial charge in [0.25, 0.3) is 0 Å². The zero-order valence-corrected chi connectivity index (χ0v) is 10.4. The number of carbonyl (C=O) groups is 2. The summed E-state index contributed by atoms with van der Waals surface area (Å²) >= 11 is 0. The first kappa shape index (κ1) is 13.0. The summed E-state index contributed by atoms with van der Waals surface area (Å²) in [4.78, 5) is 25.1. The van der Waals surface area contributed by atoms with Gasteiger partial charge in [0.05, 0.1) is 5.92 Å². The molecule has 1 aliphatic rings. The Morgan fingerprint density at radius 2 is 1.88 bits per heavy atom. The van der Waals surface area contributed by atoms with Gasteiger partial charge in [0.2, 0.25) is 11.8 Å². The molecule has 4 heteroatoms. The Morgan fingerprint density at radius 1 is 1.31 bits per heavy atom. The van der Waals surface area contributed by atoms with E-state index in [0.29, 0.717) is 13.1 Å². The number of nitrogens with two attached hydrogens (primary N) is 1. The largest absolute Gasteiger partial charge is 0.369 e. The Balaban J connectivity index is 2.64. The third kappa shape index (κ3) is 2.54. The molecule has 0 saturated carbocycles. The SMILES string of the molecule is CCC(CC)C(=O)N1C[C@@H](C)[C@H](C(N)=O)C1. The molecular weight excluding hydrogens is 204 g/mol. The van der Waals surface area contributed by atoms with Gasteiger partial charge < -0.3 is 10.6 Å². The quantitative estimate of drug-likeness (QED) is 0.777. The number of rotatable bonds is 4. The second-order valence-corrected chi connectivity index (χ2v) is 4.74. The van der Waals surface area contributed by atoms with Gasteiger partial charge in [-0.25, -0.2) is 0 Å². The highest BCUT2D eigenvalue weighted by molar-refractivity contribution is 5.82. The molecule has 2 atom stereocenters. The molecule has 4 nitrogen and oxygen atoms in total. The second kappa shape index (κ2) is 5.32. The van der Waals surface area contributed by atoms with Crippen LogP contribution in [-0.4, -0.2) is 29.8 Å². The predicted molar refractivity (Wildman–Crippen MR) is 62.5 cm³/mol. The standard InChI is InChI=1S/C12H22N2O2/c1-4-9(5-2)12(16)14-6-8(3)10(7-14)11(13)15/h8-10H,4-7H2,1-3H3,(H2,13,15)/t8-,10-/m1/s1. The Hall–Kier alpha value is -1.06. The number of hydrogen-bond donors (Lipinski definition) is 1. The first-order valence-electron chi connectivity index (χ1n) is 6.09. The van der Waals surface area contributed by atoms with Crippen molar-refractivity contribution in [3.05, 3.63) is 0 Å². The zero-order valence-electron chi connectivity index (χ0n) is 10.4. The van der Waals surface area contributed by atoms with Crippen molar-refractivity contribution in [3.8, 4) is 0 Å². The van der Waals surface area contributed by atoms with Crippen LogP contribution in [0.5, 0.6) is 0 Å². The van der Waals surface area contributed by atoms with E-state index in [1.165, 1.54) is 0 Å². The zero-order chi connectivity index (χ0) is 12.3. The first-order valence-corrected chi connectivity index (χ1v) is 6.09. The summed E-state index contributed by atoms with van der Waals surface area (Å²) in [6.45, 7) is 7.21. The molecule has 0 aromatic heterocycles. The maximum Gasteiger partial charge on any atom is 0.225 e. The van der Waals surface area contributed by atoms with Gasteiger partial charge in [-0.1, -0.05) is 20.8 Å². The molecule has 1 rings (SSSR count). The van der Waals surface area contributed by atoms with E-state index in [-0.39, 0.29) is 29.6 Å². The minimum Gasteiger partial charge on any atom is -0.369 e. The number of nitrogens with zero attached hydrogens (tertiary/aromatic N) is 1. The molecule has 1 aliphatic heterocycles. The van der Waals surface area contributed by atoms with Crippen LogP contribution >= 0.6 is 0 Å². The highest BCUT2D eigenvalue weighted by atomic mass is 16.2. The molecule has 0 unspecified atom stereocenters. The summed E-state index contributed by atoms with van der Waals surface area (Å²) in [6, 6.07) is 0. The van der Waals surface area contributed by atoms with Crippen molar-refractivity contribution in [3.63, 3.8) is 0 Å². The number of likely N-dealkylation sites (tertiary alicyclic amines) is 1. The molecule has 1 fully saturated rings. The highest BCUT2D eigenvalue weighted by Gasteiger charge is 2.37. The van der Waals surface area contributed by atoms with Crippen LogP contribution in [-0.2, 0) is 9.59 Å². The normalized spacial score (nSPS) is 25.1. The fraction of sp³-hybridized carbons (Fsp3) is 0.833. The van der Waals surface area contributed by atoms with Crippen LogP contribution in [0.4, 0.5) is 0 Å². The minimum absolute atomic E-state index is 0.0961. The topological polar surface area (TPSA) is 63.4 Å². The number of primary amides is 1. The molecule has 0 spiro atoms. The molecule has 1 saturated heterocycles. The lowest BCUT2D eigenvalue weighted by Gasteiger charge is -2.21. The van der Waals surface area contributed by atoms with Gasteiger partial charge in [0.15, 0.2) is 0 Å². The predicted octanol–water partition coefficient (Wildman–Crippen LogP) is 1.00. The fourth-order valence-corrected chi connectivity index (χ4v) is 2.41. The van der Waals surface area contributed by atoms with E-state index in [0.717, 1.165) is 12.8 Å². The van der Waals surface area contributed by atoms with Gasteiger partial charge in [0.1, 0.15) is 0 Å². The third-order valence-electron chi connectivity index (χ3n) is 3.62. The fourth-order valence-electron chi connectivity index (χ4n) is 2.41. The molecule has 0 radical (unpaired) electrons. The second-order valence-electron chi connectivity index (χ2n) is 4.74. The van der Waals surface area contributed by atoms with Crippen LogP contribution in [0.1, 0.15) is 33.6 Å². The molecule has 2 amide bonds. The van der Waals surface area contributed by atoms with Crippen molar-refractivity contribution in [2.75, 3.05) is 13.1 Å². The lowest BCUT2D eigenvalue weighted by atomic mass is 9.98. The van der Waals surface area contributed by atoms with E-state index < -0.39 is 0 Å². The van der Waals surface area contributed by atoms with Crippen molar-refractivity contribution >= 4 is 11.8 Å². The van der Waals surface area contributed by atoms with Gasteiger partial charge in [-0.2, -0.15) is 0 Å². The van der Waals surface area contributed by atoms with Crippen LogP contribution in [0.15, 0.2) is 0 Å². The van der Waals surface area contributed by atoms with E-state index in [1.54, 1.807) is 4.90 Å². The summed E-state index contributed by atoms with van der Waals surface area (Å²) in [7, 11) is 0. The Kier molecular flexibility index (Phi) is 4.33. The Labute approximate surface area is 97.2 Å². The summed E-state index contributed by atoms with van der Waals surface area (Å²) < 4.78 is 0. The van der Waals surface area contributed by atoms with E-state index in [4.69, 9.17) is 5.73 Å². The van der Waals surface area contributed by atoms with Crippen molar-refractivity contribution in [2.24, 2.45) is 23.5 Å². The van der Waals surface area contributed by atoms with E-state index in [9.17, 15) is 9.59 Å². The lowest BCUT2D eigenvalue weighted by Crippen LogP contribution is -2.35. The Morgan fingerprint density at radius 3 is 2.25 bits per heavy atom. The smallest absolute Gasteiger partial charge is 0.225 e. The van der Waals surface area contributed by atoms with Crippen LogP contribution in [0.2, 0.25) is 0 Å². The molecular formula is C12H22N2O2. The molecule has 0 bridgehead atoms. The Bertz CT molecular complexity index is 274. The van der Waals surface area contributed by atoms with Crippen LogP contribution < -0.4 is 5.73 Å². The van der Waals surface area contributed by atoms with Crippen LogP contribution in [0.3, 0.4) is 0 Å². The van der Waals surface area contributed by atoms with E-state index >= 15 is 0 Å². The van der Waals surface area contributed by atoms with Crippen LogP contribution in [0, 0.1) is 17.8 Å². The van der Waals surface area contributed by atoms with Crippen LogP contribution in [0.25, 0.3) is 0 Å². The maximum atomic E-state index is 12.1. The van der Waals surface area contributed by atoms with E-state index in [1.807, 2.05) is 20.8 Å². The summed E-state index contributed by atoms with van der Waals surface area (Å²) in [5.74, 6) is 0.0147. The number of hydrogen-bond acceptors (Lipinski definition) is 2. The molecule has 92 valence electrons. The molecule has 2 N–H and O–H groups in total. The first-order chi connectivity index (χ1) is 7.51. The third-order valence-corrected chi connectivity index (χ3v) is 3.62. The van der Waals surface area contributed by atoms with Crippen molar-refractivity contribution in [2.45, 2.75) is 33.6 Å². The van der Waals surface area contributed by atoms with Gasteiger partial charge in [-0.15, -0.1) is 0 Å². The monoisotopic (exact) mass is 226 g/mol. The van der Waals surface area contributed by atoms with Gasteiger partial charge in [0, 0.05) is 19.0 Å². The van der Waals surface area contributed by atoms with Crippen molar-refractivity contribution in [1.82, 2.24) is 4.90 Å². The minimum atomic E-state index is -0.285. The molecule has 0 aromatic carbocycles. The molecule has 16 heavy (non-hydrogen) atoms. The molecule has 0 aliphatic carbocycles. The number of amides is 2. The highest BCUT2D eigenvalue weighted by Crippen LogP contribution is 2.25. The average molecular weight is 226 g/mol. The van der Waals surface area contributed by atoms with Crippen molar-refractivity contribution < 1.29 is 9.59 Å². The van der Waals surface area contributed by atoms with Gasteiger partial charge in [-0.3, -0.25) is 9.59 Å². The summed E-state index contributed by atoms with van der Waals surface area (Å²) in [5, 5.41) is 0. The molecule has 1 heterocycles.